The second kappa shape index (κ2) is 28.2. The van der Waals surface area contributed by atoms with Gasteiger partial charge in [-0.2, -0.15) is 0 Å². The molecule has 0 atom stereocenters. The topological polar surface area (TPSA) is 34.1 Å². The van der Waals surface area contributed by atoms with Gasteiger partial charge in [0, 0.05) is 16.5 Å². The molecule has 0 saturated carbocycles. The zero-order valence-corrected chi connectivity index (χ0v) is 3.49. The van der Waals surface area contributed by atoms with E-state index < -0.39 is 14.6 Å². The van der Waals surface area contributed by atoms with E-state index in [9.17, 15) is 0 Å². The Kier molecular flexibility index (Phi) is 116. The zero-order valence-electron chi connectivity index (χ0n) is 1.47. The van der Waals surface area contributed by atoms with Crippen molar-refractivity contribution in [2.45, 2.75) is 0 Å². The quantitative estimate of drug-likeness (QED) is 0.416. The molecule has 6 heteroatoms. The molecule has 6 heavy (non-hydrogen) atoms. The van der Waals surface area contributed by atoms with E-state index in [0.29, 0.717) is 0 Å². The van der Waals surface area contributed by atoms with Gasteiger partial charge in [-0.25, -0.2) is 0 Å². The molecule has 2 nitrogen and oxygen atoms in total. The summed E-state index contributed by atoms with van der Waals surface area (Å²) >= 11 is -1.06. The maximum absolute atomic E-state index is 8.34. The summed E-state index contributed by atoms with van der Waals surface area (Å²) in [6, 6.07) is 0. The summed E-state index contributed by atoms with van der Waals surface area (Å²) in [6.07, 6.45) is 0. The summed E-state index contributed by atoms with van der Waals surface area (Å²) in [6.45, 7) is 0. The van der Waals surface area contributed by atoms with Crippen molar-refractivity contribution in [3.05, 3.63) is 0 Å². The Bertz CT molecular complexity index is 34.5. The van der Waals surface area contributed by atoms with Crippen LogP contribution < -0.4 is 0 Å². The molecule has 0 aliphatic carbocycles. The fourth-order valence-electron chi connectivity index (χ4n) is 0. The first-order valence-electron chi connectivity index (χ1n) is 0.272. The summed E-state index contributed by atoms with van der Waals surface area (Å²) in [5, 5.41) is 0. The molecule has 0 bridgehead atoms. The van der Waals surface area contributed by atoms with Gasteiger partial charge in [0.25, 0.3) is 0 Å². The average molecular weight is 184 g/mol. The number of hydrogen-bond acceptors (Lipinski definition) is 2. The number of hydrogen-bond donors (Lipinski definition) is 0. The first-order chi connectivity index (χ1) is 1.41. The van der Waals surface area contributed by atoms with Crippen LogP contribution in [0.2, 0.25) is 0 Å². The van der Waals surface area contributed by atoms with Crippen molar-refractivity contribution in [1.29, 1.82) is 0 Å². The molecule has 0 radical (unpaired) electrons. The molecule has 0 heterocycles. The van der Waals surface area contributed by atoms with Crippen LogP contribution in [-0.4, -0.2) is 41.9 Å². The molecule has 0 aromatic heterocycles. The van der Waals surface area contributed by atoms with Gasteiger partial charge in [-0.3, -0.25) is 0 Å². The summed E-state index contributed by atoms with van der Waals surface area (Å²) in [4.78, 5) is 0. The second-order valence-electron chi connectivity index (χ2n) is 0.0556. The standard InChI is InChI=1S/Co.Li.Mg.Ni.2O.3H. The van der Waals surface area contributed by atoms with Crippen LogP contribution in [-0.2, 0) is 38.8 Å². The molecular formula is H3CoLiMgNiO2. The molecule has 0 fully saturated rings. The summed E-state index contributed by atoms with van der Waals surface area (Å²) in [5.74, 6) is 0. The van der Waals surface area contributed by atoms with Gasteiger partial charge in [0.05, 0.1) is 0 Å². The van der Waals surface area contributed by atoms with Crippen molar-refractivity contribution in [1.82, 2.24) is 0 Å². The van der Waals surface area contributed by atoms with Gasteiger partial charge in [0.15, 0.2) is 0 Å². The molecule has 0 amide bonds. The van der Waals surface area contributed by atoms with Crippen molar-refractivity contribution in [2.24, 2.45) is 0 Å². The van der Waals surface area contributed by atoms with E-state index in [1.165, 1.54) is 0 Å². The third kappa shape index (κ3) is 38.1. The Morgan fingerprint density at radius 3 is 1.17 bits per heavy atom. The molecular weight excluding hydrogens is 181 g/mol. The van der Waals surface area contributed by atoms with Crippen LogP contribution in [0.1, 0.15) is 0 Å². The summed E-state index contributed by atoms with van der Waals surface area (Å²) < 4.78 is 16.7. The normalized spacial score (nSPS) is 2.67. The molecule has 37 valence electrons. The van der Waals surface area contributed by atoms with Gasteiger partial charge in [0.1, 0.15) is 0 Å². The van der Waals surface area contributed by atoms with Crippen LogP contribution in [0, 0.1) is 0 Å². The van der Waals surface area contributed by atoms with Gasteiger partial charge >= 0.3 is 64.2 Å². The van der Waals surface area contributed by atoms with Gasteiger partial charge < -0.3 is 0 Å². The molecule has 0 aromatic rings. The van der Waals surface area contributed by atoms with Gasteiger partial charge in [0.2, 0.25) is 0 Å². The Morgan fingerprint density at radius 1 is 1.17 bits per heavy atom. The monoisotopic (exact) mass is 183 g/mol. The fourth-order valence-corrected chi connectivity index (χ4v) is 0. The van der Waals surface area contributed by atoms with E-state index in [0.717, 1.165) is 0 Å². The first-order valence-corrected chi connectivity index (χ1v) is 1.12. The van der Waals surface area contributed by atoms with Crippen molar-refractivity contribution < 1.29 is 38.8 Å². The Labute approximate surface area is 79.8 Å². The SMILES string of the molecule is [LiH].[MgH2].[Ni].[O]=[Co]=[O]. The van der Waals surface area contributed by atoms with E-state index in [1.54, 1.807) is 0 Å². The fraction of sp³-hybridized carbons (Fsp3) is 0. The molecule has 0 N–H and O–H groups in total. The van der Waals surface area contributed by atoms with E-state index in [-0.39, 0.29) is 58.4 Å². The van der Waals surface area contributed by atoms with E-state index in [4.69, 9.17) is 7.73 Å². The predicted octanol–water partition coefficient (Wildman–Crippen LogP) is -1.81. The molecule has 0 unspecified atom stereocenters. The van der Waals surface area contributed by atoms with Crippen molar-refractivity contribution in [2.75, 3.05) is 0 Å². The predicted molar refractivity (Wildman–Crippen MR) is 17.1 cm³/mol. The Hall–Kier alpha value is 1.96. The van der Waals surface area contributed by atoms with Crippen LogP contribution in [0.25, 0.3) is 0 Å². The minimum atomic E-state index is -1.06. The van der Waals surface area contributed by atoms with Gasteiger partial charge in [-0.1, -0.05) is 0 Å². The van der Waals surface area contributed by atoms with Crippen LogP contribution in [0.15, 0.2) is 0 Å². The summed E-state index contributed by atoms with van der Waals surface area (Å²) in [7, 11) is 0. The van der Waals surface area contributed by atoms with Crippen LogP contribution in [0.4, 0.5) is 0 Å². The van der Waals surface area contributed by atoms with E-state index in [1.807, 2.05) is 0 Å². The molecule has 0 aromatic carbocycles. The van der Waals surface area contributed by atoms with Crippen molar-refractivity contribution in [3.63, 3.8) is 0 Å². The van der Waals surface area contributed by atoms with Gasteiger partial charge in [-0.15, -0.1) is 0 Å². The second-order valence-corrected chi connectivity index (χ2v) is 0.229. The van der Waals surface area contributed by atoms with Gasteiger partial charge in [-0.05, 0) is 0 Å². The molecule has 0 spiro atoms. The van der Waals surface area contributed by atoms with E-state index in [2.05, 4.69) is 0 Å². The molecule has 0 aliphatic rings. The summed E-state index contributed by atoms with van der Waals surface area (Å²) in [5.41, 5.74) is 0. The zero-order chi connectivity index (χ0) is 2.71. The minimum absolute atomic E-state index is 0. The molecule has 0 rings (SSSR count). The average Bonchev–Trinajstić information content (AvgIpc) is 0.918. The van der Waals surface area contributed by atoms with Crippen LogP contribution >= 0.6 is 0 Å². The first kappa shape index (κ1) is 24.6. The third-order valence-corrected chi connectivity index (χ3v) is 0. The van der Waals surface area contributed by atoms with Crippen LogP contribution in [0.5, 0.6) is 0 Å². The third-order valence-electron chi connectivity index (χ3n) is 0. The Balaban J connectivity index is -0.00000000667. The van der Waals surface area contributed by atoms with Crippen molar-refractivity contribution in [3.8, 4) is 0 Å². The van der Waals surface area contributed by atoms with Crippen molar-refractivity contribution >= 4 is 41.9 Å². The Morgan fingerprint density at radius 2 is 1.17 bits per heavy atom. The van der Waals surface area contributed by atoms with Crippen LogP contribution in [0.3, 0.4) is 0 Å². The maximum atomic E-state index is 8.34. The number of rotatable bonds is 0. The molecule has 0 aliphatic heterocycles. The van der Waals surface area contributed by atoms with E-state index >= 15 is 0 Å². The molecule has 0 saturated heterocycles.